The van der Waals surface area contributed by atoms with E-state index in [0.717, 1.165) is 17.9 Å². The van der Waals surface area contributed by atoms with Crippen molar-refractivity contribution >= 4 is 23.2 Å². The van der Waals surface area contributed by atoms with Crippen LogP contribution in [0.5, 0.6) is 0 Å². The number of nitrogens with zero attached hydrogens (tertiary/aromatic N) is 2. The maximum Gasteiger partial charge on any atom is 0.227 e. The summed E-state index contributed by atoms with van der Waals surface area (Å²) in [5, 5.41) is 0. The van der Waals surface area contributed by atoms with Crippen molar-refractivity contribution in [2.24, 2.45) is 5.92 Å². The van der Waals surface area contributed by atoms with Crippen LogP contribution in [0.4, 0.5) is 5.69 Å². The zero-order valence-electron chi connectivity index (χ0n) is 8.61. The van der Waals surface area contributed by atoms with Gasteiger partial charge in [-0.1, -0.05) is 0 Å². The van der Waals surface area contributed by atoms with Crippen molar-refractivity contribution in [3.05, 3.63) is 24.0 Å². The van der Waals surface area contributed by atoms with Crippen LogP contribution in [-0.2, 0) is 4.79 Å². The Labute approximate surface area is 94.1 Å². The van der Waals surface area contributed by atoms with E-state index in [9.17, 15) is 4.79 Å². The minimum atomic E-state index is 0.150. The van der Waals surface area contributed by atoms with Crippen LogP contribution in [-0.4, -0.2) is 23.3 Å². The summed E-state index contributed by atoms with van der Waals surface area (Å²) >= 11 is 5.77. The number of carbonyl (C=O) groups is 1. The van der Waals surface area contributed by atoms with Crippen molar-refractivity contribution < 1.29 is 4.79 Å². The van der Waals surface area contributed by atoms with Gasteiger partial charge >= 0.3 is 0 Å². The number of aromatic nitrogens is 1. The number of rotatable bonds is 2. The van der Waals surface area contributed by atoms with E-state index >= 15 is 0 Å². The molecule has 1 aromatic rings. The molecule has 0 N–H and O–H groups in total. The van der Waals surface area contributed by atoms with Crippen LogP contribution < -0.4 is 4.90 Å². The topological polar surface area (TPSA) is 33.2 Å². The van der Waals surface area contributed by atoms with Crippen LogP contribution in [0.3, 0.4) is 0 Å². The standard InChI is InChI=1S/C11H13ClN2O/c1-8-10(3-2-4-13-8)14-7-9(6-12)5-11(14)15/h2-4,9H,5-7H2,1H3. The summed E-state index contributed by atoms with van der Waals surface area (Å²) in [5.74, 6) is 0.970. The minimum absolute atomic E-state index is 0.150. The molecule has 1 fully saturated rings. The Kier molecular flexibility index (Phi) is 2.91. The summed E-state index contributed by atoms with van der Waals surface area (Å²) in [6, 6.07) is 3.78. The van der Waals surface area contributed by atoms with Crippen LogP contribution in [0.2, 0.25) is 0 Å². The fourth-order valence-electron chi connectivity index (χ4n) is 1.88. The summed E-state index contributed by atoms with van der Waals surface area (Å²) < 4.78 is 0. The Bertz CT molecular complexity index is 381. The number of pyridine rings is 1. The number of anilines is 1. The van der Waals surface area contributed by atoms with Crippen LogP contribution >= 0.6 is 11.6 Å². The summed E-state index contributed by atoms with van der Waals surface area (Å²) in [6.45, 7) is 2.63. The molecule has 80 valence electrons. The number of hydrogen-bond acceptors (Lipinski definition) is 2. The maximum absolute atomic E-state index is 11.7. The molecule has 2 heterocycles. The molecule has 2 rings (SSSR count). The SMILES string of the molecule is Cc1ncccc1N1CC(CCl)CC1=O. The second kappa shape index (κ2) is 4.19. The first-order valence-electron chi connectivity index (χ1n) is 5.00. The molecule has 0 aliphatic carbocycles. The largest absolute Gasteiger partial charge is 0.310 e. The number of aryl methyl sites for hydroxylation is 1. The van der Waals surface area contributed by atoms with Crippen molar-refractivity contribution in [2.75, 3.05) is 17.3 Å². The maximum atomic E-state index is 11.7. The third-order valence-corrected chi connectivity index (χ3v) is 3.13. The van der Waals surface area contributed by atoms with Crippen LogP contribution in [0.25, 0.3) is 0 Å². The van der Waals surface area contributed by atoms with Crippen molar-refractivity contribution in [1.29, 1.82) is 0 Å². The lowest BCUT2D eigenvalue weighted by molar-refractivity contribution is -0.117. The van der Waals surface area contributed by atoms with Crippen molar-refractivity contribution in [1.82, 2.24) is 4.98 Å². The Morgan fingerprint density at radius 3 is 3.07 bits per heavy atom. The predicted molar refractivity (Wildman–Crippen MR) is 60.2 cm³/mol. The van der Waals surface area contributed by atoms with E-state index in [4.69, 9.17) is 11.6 Å². The first-order chi connectivity index (χ1) is 7.22. The number of halogens is 1. The molecule has 1 unspecified atom stereocenters. The highest BCUT2D eigenvalue weighted by molar-refractivity contribution is 6.18. The Hall–Kier alpha value is -1.09. The lowest BCUT2D eigenvalue weighted by atomic mass is 10.1. The number of hydrogen-bond donors (Lipinski definition) is 0. The van der Waals surface area contributed by atoms with Crippen LogP contribution in [0.1, 0.15) is 12.1 Å². The fraction of sp³-hybridized carbons (Fsp3) is 0.455. The van der Waals surface area contributed by atoms with Gasteiger partial charge in [0.2, 0.25) is 5.91 Å². The molecule has 1 aliphatic rings. The molecule has 1 atom stereocenters. The molecule has 3 nitrogen and oxygen atoms in total. The zero-order valence-corrected chi connectivity index (χ0v) is 9.37. The zero-order chi connectivity index (χ0) is 10.8. The van der Waals surface area contributed by atoms with Gasteiger partial charge in [0.05, 0.1) is 11.4 Å². The van der Waals surface area contributed by atoms with E-state index in [1.54, 1.807) is 11.1 Å². The van der Waals surface area contributed by atoms with Gasteiger partial charge in [-0.3, -0.25) is 9.78 Å². The van der Waals surface area contributed by atoms with Gasteiger partial charge in [0, 0.05) is 25.0 Å². The molecule has 0 spiro atoms. The number of amides is 1. The van der Waals surface area contributed by atoms with E-state index in [-0.39, 0.29) is 11.8 Å². The molecule has 0 bridgehead atoms. The third kappa shape index (κ3) is 1.97. The lowest BCUT2D eigenvalue weighted by Gasteiger charge is -2.17. The molecule has 1 amide bonds. The lowest BCUT2D eigenvalue weighted by Crippen LogP contribution is -2.25. The third-order valence-electron chi connectivity index (χ3n) is 2.69. The van der Waals surface area contributed by atoms with Gasteiger partial charge in [-0.15, -0.1) is 11.6 Å². The highest BCUT2D eigenvalue weighted by Crippen LogP contribution is 2.26. The highest BCUT2D eigenvalue weighted by atomic mass is 35.5. The molecule has 0 radical (unpaired) electrons. The molecule has 1 aliphatic heterocycles. The normalized spacial score (nSPS) is 21.1. The van der Waals surface area contributed by atoms with Crippen molar-refractivity contribution in [3.8, 4) is 0 Å². The second-order valence-electron chi connectivity index (χ2n) is 3.84. The van der Waals surface area contributed by atoms with Gasteiger partial charge in [0.1, 0.15) is 0 Å². The quantitative estimate of drug-likeness (QED) is 0.720. The average molecular weight is 225 g/mol. The number of alkyl halides is 1. The molecular weight excluding hydrogens is 212 g/mol. The van der Waals surface area contributed by atoms with Gasteiger partial charge in [0.25, 0.3) is 0 Å². The van der Waals surface area contributed by atoms with Crippen LogP contribution in [0.15, 0.2) is 18.3 Å². The Morgan fingerprint density at radius 1 is 1.67 bits per heavy atom. The summed E-state index contributed by atoms with van der Waals surface area (Å²) in [4.78, 5) is 17.7. The highest BCUT2D eigenvalue weighted by Gasteiger charge is 2.30. The van der Waals surface area contributed by atoms with E-state index in [0.29, 0.717) is 12.3 Å². The summed E-state index contributed by atoms with van der Waals surface area (Å²) in [5.41, 5.74) is 1.80. The van der Waals surface area contributed by atoms with E-state index < -0.39 is 0 Å². The van der Waals surface area contributed by atoms with Crippen molar-refractivity contribution in [3.63, 3.8) is 0 Å². The monoisotopic (exact) mass is 224 g/mol. The molecule has 1 aromatic heterocycles. The first-order valence-corrected chi connectivity index (χ1v) is 5.53. The van der Waals surface area contributed by atoms with Gasteiger partial charge in [-0.05, 0) is 25.0 Å². The molecule has 0 aromatic carbocycles. The van der Waals surface area contributed by atoms with Gasteiger partial charge in [-0.25, -0.2) is 0 Å². The summed E-state index contributed by atoms with van der Waals surface area (Å²) in [7, 11) is 0. The van der Waals surface area contributed by atoms with E-state index in [1.807, 2.05) is 19.1 Å². The van der Waals surface area contributed by atoms with E-state index in [2.05, 4.69) is 4.98 Å². The van der Waals surface area contributed by atoms with Gasteiger partial charge in [-0.2, -0.15) is 0 Å². The number of carbonyl (C=O) groups excluding carboxylic acids is 1. The first kappa shape index (κ1) is 10.4. The Morgan fingerprint density at radius 2 is 2.47 bits per heavy atom. The Balaban J connectivity index is 2.25. The second-order valence-corrected chi connectivity index (χ2v) is 4.15. The molecule has 4 heteroatoms. The van der Waals surface area contributed by atoms with Crippen molar-refractivity contribution in [2.45, 2.75) is 13.3 Å². The molecule has 0 saturated carbocycles. The summed E-state index contributed by atoms with van der Waals surface area (Å²) in [6.07, 6.45) is 2.29. The smallest absolute Gasteiger partial charge is 0.227 e. The fourth-order valence-corrected chi connectivity index (χ4v) is 2.09. The molecular formula is C11H13ClN2O. The van der Waals surface area contributed by atoms with Crippen LogP contribution in [0, 0.1) is 12.8 Å². The van der Waals surface area contributed by atoms with Gasteiger partial charge in [0.15, 0.2) is 0 Å². The molecule has 15 heavy (non-hydrogen) atoms. The molecule has 1 saturated heterocycles. The predicted octanol–water partition coefficient (Wildman–Crippen LogP) is 1.98. The van der Waals surface area contributed by atoms with Gasteiger partial charge < -0.3 is 4.90 Å². The average Bonchev–Trinajstić information content (AvgIpc) is 2.60. The minimum Gasteiger partial charge on any atom is -0.310 e. The van der Waals surface area contributed by atoms with E-state index in [1.165, 1.54) is 0 Å².